The molecule has 0 aromatic carbocycles. The Morgan fingerprint density at radius 1 is 1.03 bits per heavy atom. The first-order chi connectivity index (χ1) is 13.3. The third-order valence-electron chi connectivity index (χ3n) is 4.49. The lowest BCUT2D eigenvalue weighted by Crippen LogP contribution is -2.63. The van der Waals surface area contributed by atoms with Gasteiger partial charge < -0.3 is 40.9 Å². The van der Waals surface area contributed by atoms with Crippen molar-refractivity contribution in [1.29, 1.82) is 0 Å². The molecule has 11 nitrogen and oxygen atoms in total. The van der Waals surface area contributed by atoms with Gasteiger partial charge in [-0.15, -0.1) is 0 Å². The van der Waals surface area contributed by atoms with Crippen LogP contribution < -0.4 is 10.6 Å². The van der Waals surface area contributed by atoms with Crippen LogP contribution in [0.2, 0.25) is 0 Å². The average molecular weight is 428 g/mol. The van der Waals surface area contributed by atoms with E-state index >= 15 is 0 Å². The molecule has 0 spiro atoms. The topological polar surface area (TPSA) is 186 Å². The lowest BCUT2D eigenvalue weighted by molar-refractivity contribution is -0.281. The molecular weight excluding hydrogens is 402 g/mol. The molecule has 1 aliphatic heterocycles. The molecule has 0 radical (unpaired) electrons. The minimum atomic E-state index is -3.81. The molecule has 0 saturated carbocycles. The molecule has 1 rings (SSSR count). The number of hydrogen-bond acceptors (Lipinski definition) is 8. The molecule has 0 bridgehead atoms. The van der Waals surface area contributed by atoms with E-state index in [1.54, 1.807) is 0 Å². The summed E-state index contributed by atoms with van der Waals surface area (Å²) in [5, 5.41) is 51.0. The van der Waals surface area contributed by atoms with E-state index in [0.717, 1.165) is 0 Å². The molecule has 13 heteroatoms. The zero-order chi connectivity index (χ0) is 22.5. The fourth-order valence-electron chi connectivity index (χ4n) is 2.65. The Labute approximate surface area is 164 Å². The summed E-state index contributed by atoms with van der Waals surface area (Å²) < 4.78 is 33.6. The average Bonchev–Trinajstić information content (AvgIpc) is 2.64. The van der Waals surface area contributed by atoms with Crippen molar-refractivity contribution >= 4 is 17.8 Å². The van der Waals surface area contributed by atoms with E-state index in [0.29, 0.717) is 0 Å². The molecule has 0 aliphatic carbocycles. The minimum absolute atomic E-state index is 0.784. The van der Waals surface area contributed by atoms with Gasteiger partial charge in [0.15, 0.2) is 0 Å². The molecular formula is C16H26F2N2O9. The zero-order valence-corrected chi connectivity index (χ0v) is 15.8. The van der Waals surface area contributed by atoms with Gasteiger partial charge in [-0.3, -0.25) is 14.4 Å². The van der Waals surface area contributed by atoms with Gasteiger partial charge >= 0.3 is 5.97 Å². The lowest BCUT2D eigenvalue weighted by atomic mass is 9.90. The van der Waals surface area contributed by atoms with Crippen molar-refractivity contribution in [2.75, 3.05) is 6.61 Å². The van der Waals surface area contributed by atoms with E-state index in [1.165, 1.54) is 13.8 Å². The second-order valence-corrected chi connectivity index (χ2v) is 6.87. The number of halogens is 2. The Hall–Kier alpha value is -1.93. The second kappa shape index (κ2) is 10.2. The monoisotopic (exact) mass is 428 g/mol. The summed E-state index contributed by atoms with van der Waals surface area (Å²) in [5.74, 6) is -6.88. The summed E-state index contributed by atoms with van der Waals surface area (Å²) in [6.45, 7) is 1.56. The highest BCUT2D eigenvalue weighted by Gasteiger charge is 2.54. The van der Waals surface area contributed by atoms with Crippen molar-refractivity contribution in [2.24, 2.45) is 0 Å². The second-order valence-electron chi connectivity index (χ2n) is 6.87. The van der Waals surface area contributed by atoms with Gasteiger partial charge in [0.1, 0.15) is 42.6 Å². The molecule has 0 aromatic rings. The number of ether oxygens (including phenoxy) is 1. The predicted octanol–water partition coefficient (Wildman–Crippen LogP) is -2.66. The van der Waals surface area contributed by atoms with Crippen LogP contribution in [0.1, 0.15) is 26.7 Å². The molecule has 0 aromatic heterocycles. The van der Waals surface area contributed by atoms with Crippen molar-refractivity contribution < 1.29 is 53.4 Å². The number of carboxylic acids is 1. The molecule has 1 saturated heterocycles. The Balaban J connectivity index is 2.63. The van der Waals surface area contributed by atoms with Crippen LogP contribution in [0.3, 0.4) is 0 Å². The quantitative estimate of drug-likeness (QED) is 0.206. The van der Waals surface area contributed by atoms with Crippen molar-refractivity contribution in [3.8, 4) is 0 Å². The van der Waals surface area contributed by atoms with Gasteiger partial charge in [-0.2, -0.15) is 0 Å². The van der Waals surface area contributed by atoms with Crippen LogP contribution >= 0.6 is 0 Å². The van der Waals surface area contributed by atoms with Crippen LogP contribution in [0.5, 0.6) is 0 Å². The Morgan fingerprint density at radius 2 is 1.62 bits per heavy atom. The van der Waals surface area contributed by atoms with Crippen LogP contribution in [0, 0.1) is 0 Å². The van der Waals surface area contributed by atoms with Crippen LogP contribution in [0.4, 0.5) is 8.78 Å². The molecule has 29 heavy (non-hydrogen) atoms. The largest absolute Gasteiger partial charge is 0.480 e. The predicted molar refractivity (Wildman–Crippen MR) is 90.8 cm³/mol. The first-order valence-corrected chi connectivity index (χ1v) is 8.82. The van der Waals surface area contributed by atoms with Crippen LogP contribution in [0.15, 0.2) is 0 Å². The highest BCUT2D eigenvalue weighted by atomic mass is 19.3. The Morgan fingerprint density at radius 3 is 2.14 bits per heavy atom. The van der Waals surface area contributed by atoms with E-state index in [4.69, 9.17) is 14.9 Å². The molecule has 1 aliphatic rings. The number of aliphatic hydroxyl groups excluding tert-OH is 4. The molecule has 7 atom stereocenters. The molecule has 1 fully saturated rings. The summed E-state index contributed by atoms with van der Waals surface area (Å²) in [4.78, 5) is 34.3. The lowest BCUT2D eigenvalue weighted by Gasteiger charge is -2.42. The number of alkyl halides is 2. The highest BCUT2D eigenvalue weighted by molar-refractivity contribution is 5.89. The first-order valence-electron chi connectivity index (χ1n) is 8.82. The van der Waals surface area contributed by atoms with Gasteiger partial charge in [0.05, 0.1) is 6.61 Å². The van der Waals surface area contributed by atoms with Crippen molar-refractivity contribution in [3.63, 3.8) is 0 Å². The van der Waals surface area contributed by atoms with Crippen LogP contribution in [-0.4, -0.2) is 98.4 Å². The number of amides is 2. The van der Waals surface area contributed by atoms with E-state index < -0.39 is 85.8 Å². The molecule has 168 valence electrons. The van der Waals surface area contributed by atoms with Crippen LogP contribution in [-0.2, 0) is 19.1 Å². The summed E-state index contributed by atoms with van der Waals surface area (Å²) in [6.07, 6.45) is -11.6. The van der Waals surface area contributed by atoms with Gasteiger partial charge in [-0.1, -0.05) is 0 Å². The van der Waals surface area contributed by atoms with Gasteiger partial charge in [0.2, 0.25) is 11.8 Å². The number of carbonyl (C=O) groups is 3. The van der Waals surface area contributed by atoms with Gasteiger partial charge in [0, 0.05) is 12.8 Å². The number of carboxylic acid groups (broad SMARTS) is 1. The van der Waals surface area contributed by atoms with Crippen LogP contribution in [0.25, 0.3) is 0 Å². The number of nitrogens with one attached hydrogen (secondary N) is 2. The first kappa shape index (κ1) is 25.1. The minimum Gasteiger partial charge on any atom is -0.480 e. The molecule has 2 amide bonds. The summed E-state index contributed by atoms with van der Waals surface area (Å²) in [5.41, 5.74) is 0. The van der Waals surface area contributed by atoms with E-state index in [-0.39, 0.29) is 0 Å². The fraction of sp³-hybridized carbons (Fsp3) is 0.812. The summed E-state index contributed by atoms with van der Waals surface area (Å²) in [7, 11) is 0. The van der Waals surface area contributed by atoms with Crippen molar-refractivity contribution in [3.05, 3.63) is 0 Å². The summed E-state index contributed by atoms with van der Waals surface area (Å²) in [6, 6.07) is -2.40. The fourth-order valence-corrected chi connectivity index (χ4v) is 2.65. The normalized spacial score (nSPS) is 29.6. The Bertz CT molecular complexity index is 605. The molecule has 7 N–H and O–H groups in total. The Kier molecular flexibility index (Phi) is 8.84. The van der Waals surface area contributed by atoms with E-state index in [1.807, 2.05) is 0 Å². The standard InChI is InChI=1S/C16H26F2N2O9/c1-6(14(26)20-7(2)15(27)28)19-9(22)3-4-16(17,18)13-12(25)11(24)10(23)8(5-21)29-13/h6-8,10-13,21,23-25H,3-5H2,1-2H3,(H,19,22)(H,20,26)(H,27,28)/t6-,7-,8+,10-,11-,12+,13-/m0/s1. The maximum absolute atomic E-state index is 14.4. The third kappa shape index (κ3) is 6.54. The highest BCUT2D eigenvalue weighted by Crippen LogP contribution is 2.35. The van der Waals surface area contributed by atoms with E-state index in [9.17, 15) is 38.5 Å². The number of rotatable bonds is 9. The molecule has 0 unspecified atom stereocenters. The zero-order valence-electron chi connectivity index (χ0n) is 15.8. The number of aliphatic hydroxyl groups is 4. The maximum atomic E-state index is 14.4. The van der Waals surface area contributed by atoms with E-state index in [2.05, 4.69) is 10.6 Å². The van der Waals surface area contributed by atoms with Gasteiger partial charge in [-0.05, 0) is 13.8 Å². The number of carbonyl (C=O) groups excluding carboxylic acids is 2. The van der Waals surface area contributed by atoms with Gasteiger partial charge in [-0.25, -0.2) is 8.78 Å². The van der Waals surface area contributed by atoms with Crippen molar-refractivity contribution in [1.82, 2.24) is 10.6 Å². The van der Waals surface area contributed by atoms with Crippen molar-refractivity contribution in [2.45, 2.75) is 75.2 Å². The third-order valence-corrected chi connectivity index (χ3v) is 4.49. The van der Waals surface area contributed by atoms with Gasteiger partial charge in [0.25, 0.3) is 5.92 Å². The summed E-state index contributed by atoms with van der Waals surface area (Å²) >= 11 is 0. The molecule has 1 heterocycles. The number of hydrogen-bond donors (Lipinski definition) is 7. The smallest absolute Gasteiger partial charge is 0.325 e. The maximum Gasteiger partial charge on any atom is 0.325 e. The SMILES string of the molecule is C[C@H](NC(=O)[C@H](C)NC(=O)CCC(F)(F)[C@H]1O[C@H](CO)[C@H](O)[C@H](O)[C@H]1O)C(=O)O. The number of aliphatic carboxylic acids is 1.